The molecule has 0 atom stereocenters. The summed E-state index contributed by atoms with van der Waals surface area (Å²) in [6.07, 6.45) is 1.73. The Hall–Kier alpha value is -1.62. The van der Waals surface area contributed by atoms with Gasteiger partial charge in [-0.1, -0.05) is 12.1 Å². The lowest BCUT2D eigenvalue weighted by Gasteiger charge is -2.08. The minimum Gasteiger partial charge on any atom is -0.370 e. The van der Waals surface area contributed by atoms with E-state index < -0.39 is 0 Å². The fourth-order valence-electron chi connectivity index (χ4n) is 1.35. The van der Waals surface area contributed by atoms with E-state index in [9.17, 15) is 0 Å². The number of hydrogen-bond donors (Lipinski definition) is 3. The normalized spacial score (nSPS) is 10.2. The highest BCUT2D eigenvalue weighted by Gasteiger charge is 2.05. The third kappa shape index (κ3) is 1.92. The van der Waals surface area contributed by atoms with Crippen molar-refractivity contribution in [2.75, 3.05) is 5.32 Å². The van der Waals surface area contributed by atoms with Gasteiger partial charge in [-0.2, -0.15) is 0 Å². The number of benzene rings is 1. The lowest BCUT2D eigenvalue weighted by atomic mass is 10.2. The molecule has 1 aromatic carbocycles. The van der Waals surface area contributed by atoms with Crippen LogP contribution in [0.25, 0.3) is 10.9 Å². The molecule has 76 valence electrons. The Morgan fingerprint density at radius 3 is 2.93 bits per heavy atom. The first-order valence-corrected chi connectivity index (χ1v) is 5.12. The van der Waals surface area contributed by atoms with Gasteiger partial charge in [0.25, 0.3) is 0 Å². The van der Waals surface area contributed by atoms with Crippen LogP contribution in [0.15, 0.2) is 34.9 Å². The number of aromatic nitrogens is 1. The standard InChI is InChI=1S/C10H9BrN4/c11-8-7(15-10(12)13)4-3-6-2-1-5-14-9(6)8/h1-5H,(H4,12,13,15). The maximum atomic E-state index is 7.16. The van der Waals surface area contributed by atoms with Crippen molar-refractivity contribution >= 4 is 38.5 Å². The summed E-state index contributed by atoms with van der Waals surface area (Å²) >= 11 is 3.43. The number of nitrogens with two attached hydrogens (primary N) is 1. The average Bonchev–Trinajstić information content (AvgIpc) is 2.22. The third-order valence-corrected chi connectivity index (χ3v) is 2.78. The predicted molar refractivity (Wildman–Crippen MR) is 65.0 cm³/mol. The van der Waals surface area contributed by atoms with Crippen LogP contribution in [0.4, 0.5) is 5.69 Å². The fraction of sp³-hybridized carbons (Fsp3) is 0. The summed E-state index contributed by atoms with van der Waals surface area (Å²) in [6.45, 7) is 0. The first-order valence-electron chi connectivity index (χ1n) is 4.33. The van der Waals surface area contributed by atoms with Gasteiger partial charge in [0.05, 0.1) is 15.7 Å². The first kappa shape index (κ1) is 9.92. The summed E-state index contributed by atoms with van der Waals surface area (Å²) in [5, 5.41) is 10.9. The van der Waals surface area contributed by atoms with Crippen molar-refractivity contribution in [3.8, 4) is 0 Å². The highest BCUT2D eigenvalue weighted by atomic mass is 79.9. The zero-order chi connectivity index (χ0) is 10.8. The fourth-order valence-corrected chi connectivity index (χ4v) is 1.91. The molecule has 1 heterocycles. The Morgan fingerprint density at radius 2 is 2.20 bits per heavy atom. The van der Waals surface area contributed by atoms with Crippen LogP contribution in [0.5, 0.6) is 0 Å². The van der Waals surface area contributed by atoms with Gasteiger partial charge in [-0.25, -0.2) is 0 Å². The van der Waals surface area contributed by atoms with E-state index in [-0.39, 0.29) is 5.96 Å². The van der Waals surface area contributed by atoms with Crippen LogP contribution in [0, 0.1) is 5.41 Å². The lowest BCUT2D eigenvalue weighted by Crippen LogP contribution is -2.20. The quantitative estimate of drug-likeness (QED) is 0.547. The van der Waals surface area contributed by atoms with Gasteiger partial charge in [-0.15, -0.1) is 0 Å². The van der Waals surface area contributed by atoms with Crippen molar-refractivity contribution in [1.82, 2.24) is 4.98 Å². The number of nitrogens with zero attached hydrogens (tertiary/aromatic N) is 1. The van der Waals surface area contributed by atoms with E-state index >= 15 is 0 Å². The number of guanidine groups is 1. The molecule has 0 aliphatic carbocycles. The number of pyridine rings is 1. The number of hydrogen-bond acceptors (Lipinski definition) is 2. The summed E-state index contributed by atoms with van der Waals surface area (Å²) in [4.78, 5) is 4.25. The van der Waals surface area contributed by atoms with E-state index in [1.807, 2.05) is 24.3 Å². The second-order valence-electron chi connectivity index (χ2n) is 3.04. The van der Waals surface area contributed by atoms with Crippen LogP contribution in [-0.4, -0.2) is 10.9 Å². The summed E-state index contributed by atoms with van der Waals surface area (Å²) in [7, 11) is 0. The van der Waals surface area contributed by atoms with E-state index in [1.165, 1.54) is 0 Å². The summed E-state index contributed by atoms with van der Waals surface area (Å²) in [5.74, 6) is -0.0917. The number of fused-ring (bicyclic) bond motifs is 1. The van der Waals surface area contributed by atoms with Gasteiger partial charge in [-0.05, 0) is 28.1 Å². The average molecular weight is 265 g/mol. The van der Waals surface area contributed by atoms with Gasteiger partial charge in [-0.3, -0.25) is 10.4 Å². The predicted octanol–water partition coefficient (Wildman–Crippen LogP) is 2.30. The molecule has 0 radical (unpaired) electrons. The van der Waals surface area contributed by atoms with Crippen LogP contribution in [0.2, 0.25) is 0 Å². The van der Waals surface area contributed by atoms with Crippen molar-refractivity contribution in [1.29, 1.82) is 5.41 Å². The minimum absolute atomic E-state index is 0.0917. The molecule has 0 amide bonds. The van der Waals surface area contributed by atoms with E-state index in [1.54, 1.807) is 6.20 Å². The largest absolute Gasteiger partial charge is 0.370 e. The lowest BCUT2D eigenvalue weighted by molar-refractivity contribution is 1.38. The molecule has 0 aliphatic heterocycles. The molecule has 2 aromatic rings. The third-order valence-electron chi connectivity index (χ3n) is 1.98. The molecule has 4 N–H and O–H groups in total. The molecule has 0 bridgehead atoms. The highest BCUT2D eigenvalue weighted by Crippen LogP contribution is 2.29. The second-order valence-corrected chi connectivity index (χ2v) is 3.83. The van der Waals surface area contributed by atoms with Crippen LogP contribution >= 0.6 is 15.9 Å². The zero-order valence-electron chi connectivity index (χ0n) is 7.79. The molecular weight excluding hydrogens is 256 g/mol. The summed E-state index contributed by atoms with van der Waals surface area (Å²) in [5.41, 5.74) is 6.86. The monoisotopic (exact) mass is 264 g/mol. The van der Waals surface area contributed by atoms with Crippen LogP contribution in [0.3, 0.4) is 0 Å². The first-order chi connectivity index (χ1) is 7.18. The van der Waals surface area contributed by atoms with Crippen molar-refractivity contribution in [3.63, 3.8) is 0 Å². The Morgan fingerprint density at radius 1 is 1.40 bits per heavy atom. The van der Waals surface area contributed by atoms with Crippen LogP contribution in [-0.2, 0) is 0 Å². The van der Waals surface area contributed by atoms with E-state index in [2.05, 4.69) is 26.2 Å². The van der Waals surface area contributed by atoms with Gasteiger partial charge in [0.15, 0.2) is 5.96 Å². The molecule has 0 unspecified atom stereocenters. The molecular formula is C10H9BrN4. The highest BCUT2D eigenvalue weighted by molar-refractivity contribution is 9.10. The molecule has 0 saturated carbocycles. The topological polar surface area (TPSA) is 74.8 Å². The molecule has 0 aliphatic rings. The molecule has 0 spiro atoms. The van der Waals surface area contributed by atoms with Gasteiger partial charge < -0.3 is 11.1 Å². The van der Waals surface area contributed by atoms with Crippen LogP contribution < -0.4 is 11.1 Å². The molecule has 0 fully saturated rings. The van der Waals surface area contributed by atoms with Gasteiger partial charge >= 0.3 is 0 Å². The molecule has 0 saturated heterocycles. The summed E-state index contributed by atoms with van der Waals surface area (Å²) in [6, 6.07) is 7.64. The number of halogens is 1. The van der Waals surface area contributed by atoms with Crippen molar-refractivity contribution in [2.24, 2.45) is 5.73 Å². The Bertz CT molecular complexity index is 524. The number of nitrogens with one attached hydrogen (secondary N) is 2. The van der Waals surface area contributed by atoms with Crippen molar-refractivity contribution < 1.29 is 0 Å². The molecule has 15 heavy (non-hydrogen) atoms. The van der Waals surface area contributed by atoms with E-state index in [0.717, 1.165) is 21.1 Å². The Kier molecular flexibility index (Phi) is 2.55. The van der Waals surface area contributed by atoms with Crippen molar-refractivity contribution in [3.05, 3.63) is 34.9 Å². The van der Waals surface area contributed by atoms with Gasteiger partial charge in [0, 0.05) is 11.6 Å². The molecule has 1 aromatic heterocycles. The number of rotatable bonds is 1. The Balaban J connectivity index is 2.59. The smallest absolute Gasteiger partial charge is 0.190 e. The second kappa shape index (κ2) is 3.86. The maximum Gasteiger partial charge on any atom is 0.190 e. The summed E-state index contributed by atoms with van der Waals surface area (Å²) < 4.78 is 0.816. The van der Waals surface area contributed by atoms with Crippen molar-refractivity contribution in [2.45, 2.75) is 0 Å². The van der Waals surface area contributed by atoms with Gasteiger partial charge in [0.2, 0.25) is 0 Å². The van der Waals surface area contributed by atoms with Gasteiger partial charge in [0.1, 0.15) is 0 Å². The zero-order valence-corrected chi connectivity index (χ0v) is 9.38. The van der Waals surface area contributed by atoms with E-state index in [0.29, 0.717) is 0 Å². The molecule has 2 rings (SSSR count). The van der Waals surface area contributed by atoms with E-state index in [4.69, 9.17) is 11.1 Å². The molecule has 4 nitrogen and oxygen atoms in total. The minimum atomic E-state index is -0.0917. The van der Waals surface area contributed by atoms with Crippen LogP contribution in [0.1, 0.15) is 0 Å². The Labute approximate surface area is 95.1 Å². The number of anilines is 1. The molecule has 5 heteroatoms. The maximum absolute atomic E-state index is 7.16. The SMILES string of the molecule is N=C(N)Nc1ccc2cccnc2c1Br.